The first-order valence-corrected chi connectivity index (χ1v) is 8.90. The van der Waals surface area contributed by atoms with Crippen LogP contribution in [0.15, 0.2) is 48.7 Å². The van der Waals surface area contributed by atoms with Crippen molar-refractivity contribution in [2.24, 2.45) is 0 Å². The Labute approximate surface area is 155 Å². The molecule has 1 aliphatic heterocycles. The molecule has 0 fully saturated rings. The molecule has 0 saturated heterocycles. The number of para-hydroxylation sites is 1. The Balaban J connectivity index is 1.47. The minimum Gasteiger partial charge on any atom is -0.493 e. The van der Waals surface area contributed by atoms with Crippen molar-refractivity contribution < 1.29 is 14.6 Å². The summed E-state index contributed by atoms with van der Waals surface area (Å²) in [6.07, 6.45) is 2.47. The van der Waals surface area contributed by atoms with Crippen LogP contribution in [0.1, 0.15) is 17.5 Å². The lowest BCUT2D eigenvalue weighted by atomic mass is 9.88. The monoisotopic (exact) mass is 370 g/mol. The van der Waals surface area contributed by atoms with E-state index in [4.69, 9.17) is 16.3 Å². The van der Waals surface area contributed by atoms with E-state index in [1.54, 1.807) is 0 Å². The Kier molecular flexibility index (Phi) is 4.34. The molecule has 1 atom stereocenters. The molecule has 0 bridgehead atoms. The van der Waals surface area contributed by atoms with E-state index >= 15 is 0 Å². The molecule has 3 aromatic rings. The van der Waals surface area contributed by atoms with Crippen molar-refractivity contribution in [3.63, 3.8) is 0 Å². The molecule has 2 aromatic carbocycles. The summed E-state index contributed by atoms with van der Waals surface area (Å²) in [7, 11) is 0. The molecule has 1 aromatic heterocycles. The number of nitrogens with one attached hydrogen (secondary N) is 2. The van der Waals surface area contributed by atoms with E-state index in [0.717, 1.165) is 16.5 Å². The lowest BCUT2D eigenvalue weighted by molar-refractivity contribution is -0.122. The number of amides is 1. The summed E-state index contributed by atoms with van der Waals surface area (Å²) in [6.45, 7) is 0.569. The summed E-state index contributed by atoms with van der Waals surface area (Å²) < 4.78 is 5.58. The van der Waals surface area contributed by atoms with Crippen molar-refractivity contribution in [3.05, 3.63) is 64.8 Å². The fourth-order valence-electron chi connectivity index (χ4n) is 3.40. The molecule has 2 heterocycles. The molecular formula is C20H19ClN2O3. The summed E-state index contributed by atoms with van der Waals surface area (Å²) in [5.41, 5.74) is 1.41. The third kappa shape index (κ3) is 3.16. The van der Waals surface area contributed by atoms with Crippen molar-refractivity contribution in [1.29, 1.82) is 0 Å². The second-order valence-electron chi connectivity index (χ2n) is 6.58. The van der Waals surface area contributed by atoms with E-state index in [2.05, 4.69) is 10.3 Å². The normalized spacial score (nSPS) is 19.0. The molecule has 0 aliphatic carbocycles. The maximum atomic E-state index is 12.4. The van der Waals surface area contributed by atoms with E-state index < -0.39 is 5.60 Å². The third-order valence-corrected chi connectivity index (χ3v) is 5.06. The molecule has 1 aliphatic rings. The molecule has 3 N–H and O–H groups in total. The molecule has 0 saturated carbocycles. The molecule has 26 heavy (non-hydrogen) atoms. The van der Waals surface area contributed by atoms with Crippen LogP contribution in [0, 0.1) is 0 Å². The highest BCUT2D eigenvalue weighted by Crippen LogP contribution is 2.36. The van der Waals surface area contributed by atoms with Crippen LogP contribution in [-0.4, -0.2) is 29.1 Å². The van der Waals surface area contributed by atoms with Gasteiger partial charge in [0.2, 0.25) is 5.91 Å². The number of halogens is 1. The number of aromatic nitrogens is 1. The number of aromatic amines is 1. The Hall–Kier alpha value is -2.50. The van der Waals surface area contributed by atoms with Crippen LogP contribution >= 0.6 is 11.6 Å². The summed E-state index contributed by atoms with van der Waals surface area (Å²) in [5.74, 6) is 0.519. The van der Waals surface area contributed by atoms with Gasteiger partial charge in [-0.1, -0.05) is 29.8 Å². The number of hydrogen-bond donors (Lipinski definition) is 3. The molecule has 0 radical (unpaired) electrons. The number of hydrogen-bond acceptors (Lipinski definition) is 3. The van der Waals surface area contributed by atoms with Gasteiger partial charge in [-0.05, 0) is 29.8 Å². The van der Waals surface area contributed by atoms with Crippen LogP contribution in [-0.2, 0) is 16.8 Å². The van der Waals surface area contributed by atoms with Gasteiger partial charge in [0, 0.05) is 34.1 Å². The van der Waals surface area contributed by atoms with Gasteiger partial charge in [-0.2, -0.15) is 0 Å². The van der Waals surface area contributed by atoms with Crippen LogP contribution in [0.2, 0.25) is 5.02 Å². The van der Waals surface area contributed by atoms with Crippen molar-refractivity contribution in [2.45, 2.75) is 18.4 Å². The number of carbonyl (C=O) groups is 1. The molecule has 6 heteroatoms. The smallest absolute Gasteiger partial charge is 0.224 e. The minimum absolute atomic E-state index is 0.148. The van der Waals surface area contributed by atoms with Gasteiger partial charge in [0.05, 0.1) is 19.6 Å². The average Bonchev–Trinajstić information content (AvgIpc) is 3.03. The summed E-state index contributed by atoms with van der Waals surface area (Å²) in [6, 6.07) is 12.9. The number of rotatable bonds is 4. The van der Waals surface area contributed by atoms with Crippen LogP contribution in [0.3, 0.4) is 0 Å². The molecule has 1 unspecified atom stereocenters. The second-order valence-corrected chi connectivity index (χ2v) is 7.02. The molecule has 0 spiro atoms. The van der Waals surface area contributed by atoms with Gasteiger partial charge < -0.3 is 20.1 Å². The number of H-pyrrole nitrogens is 1. The quantitative estimate of drug-likeness (QED) is 0.660. The van der Waals surface area contributed by atoms with Crippen molar-refractivity contribution in [3.8, 4) is 5.75 Å². The fourth-order valence-corrected chi connectivity index (χ4v) is 3.57. The topological polar surface area (TPSA) is 74.4 Å². The van der Waals surface area contributed by atoms with Crippen LogP contribution in [0.5, 0.6) is 5.75 Å². The lowest BCUT2D eigenvalue weighted by Crippen LogP contribution is -2.44. The Morgan fingerprint density at radius 2 is 2.15 bits per heavy atom. The van der Waals surface area contributed by atoms with Crippen molar-refractivity contribution in [1.82, 2.24) is 10.3 Å². The number of ether oxygens (including phenoxy) is 1. The molecule has 134 valence electrons. The fraction of sp³-hybridized carbons (Fsp3) is 0.250. The van der Waals surface area contributed by atoms with Crippen LogP contribution < -0.4 is 10.1 Å². The summed E-state index contributed by atoms with van der Waals surface area (Å²) in [5, 5.41) is 15.4. The predicted molar refractivity (Wildman–Crippen MR) is 100 cm³/mol. The zero-order valence-electron chi connectivity index (χ0n) is 14.1. The molecular weight excluding hydrogens is 352 g/mol. The summed E-state index contributed by atoms with van der Waals surface area (Å²) >= 11 is 6.05. The van der Waals surface area contributed by atoms with Crippen LogP contribution in [0.4, 0.5) is 0 Å². The Morgan fingerprint density at radius 3 is 3.04 bits per heavy atom. The first kappa shape index (κ1) is 16.9. The SMILES string of the molecule is O=C(Cc1c[nH]c2ccc(Cl)cc12)NCC1(O)CCOc2ccccc21. The van der Waals surface area contributed by atoms with Gasteiger partial charge in [-0.25, -0.2) is 0 Å². The predicted octanol–water partition coefficient (Wildman–Crippen LogP) is 3.15. The van der Waals surface area contributed by atoms with Crippen LogP contribution in [0.25, 0.3) is 10.9 Å². The van der Waals surface area contributed by atoms with Gasteiger partial charge in [0.1, 0.15) is 11.4 Å². The Bertz CT molecular complexity index is 969. The number of aliphatic hydroxyl groups is 1. The van der Waals surface area contributed by atoms with E-state index in [1.165, 1.54) is 0 Å². The third-order valence-electron chi connectivity index (χ3n) is 4.82. The maximum Gasteiger partial charge on any atom is 0.224 e. The van der Waals surface area contributed by atoms with Gasteiger partial charge in [-0.3, -0.25) is 4.79 Å². The average molecular weight is 371 g/mol. The second kappa shape index (κ2) is 6.67. The van der Waals surface area contributed by atoms with E-state index in [-0.39, 0.29) is 18.9 Å². The number of fused-ring (bicyclic) bond motifs is 2. The molecule has 1 amide bonds. The maximum absolute atomic E-state index is 12.4. The Morgan fingerprint density at radius 1 is 1.31 bits per heavy atom. The zero-order chi connectivity index (χ0) is 18.1. The van der Waals surface area contributed by atoms with Gasteiger partial charge >= 0.3 is 0 Å². The van der Waals surface area contributed by atoms with Gasteiger partial charge in [0.25, 0.3) is 0 Å². The van der Waals surface area contributed by atoms with E-state index in [0.29, 0.717) is 29.4 Å². The highest BCUT2D eigenvalue weighted by atomic mass is 35.5. The highest BCUT2D eigenvalue weighted by Gasteiger charge is 2.35. The lowest BCUT2D eigenvalue weighted by Gasteiger charge is -2.34. The molecule has 5 nitrogen and oxygen atoms in total. The molecule has 4 rings (SSSR count). The standard InChI is InChI=1S/C20H19ClN2O3/c21-14-5-6-17-15(10-14)13(11-22-17)9-19(24)23-12-20(25)7-8-26-18-4-2-1-3-16(18)20/h1-6,10-11,22,25H,7-9,12H2,(H,23,24). The van der Waals surface area contributed by atoms with Gasteiger partial charge in [0.15, 0.2) is 0 Å². The largest absolute Gasteiger partial charge is 0.493 e. The number of benzene rings is 2. The first-order valence-electron chi connectivity index (χ1n) is 8.52. The van der Waals surface area contributed by atoms with Crippen molar-refractivity contribution >= 4 is 28.4 Å². The van der Waals surface area contributed by atoms with Crippen molar-refractivity contribution in [2.75, 3.05) is 13.2 Å². The highest BCUT2D eigenvalue weighted by molar-refractivity contribution is 6.31. The summed E-state index contributed by atoms with van der Waals surface area (Å²) in [4.78, 5) is 15.6. The first-order chi connectivity index (χ1) is 12.5. The minimum atomic E-state index is -1.12. The van der Waals surface area contributed by atoms with E-state index in [1.807, 2.05) is 48.7 Å². The number of carbonyl (C=O) groups excluding carboxylic acids is 1. The van der Waals surface area contributed by atoms with Gasteiger partial charge in [-0.15, -0.1) is 0 Å². The van der Waals surface area contributed by atoms with E-state index in [9.17, 15) is 9.90 Å². The zero-order valence-corrected chi connectivity index (χ0v) is 14.8.